The Hall–Kier alpha value is -2.74. The number of barbiturate groups is 1. The average molecular weight is 315 g/mol. The van der Waals surface area contributed by atoms with Gasteiger partial charge in [-0.15, -0.1) is 0 Å². The summed E-state index contributed by atoms with van der Waals surface area (Å²) < 4.78 is 5.76. The number of fused-ring (bicyclic) bond motifs is 3. The van der Waals surface area contributed by atoms with Gasteiger partial charge < -0.3 is 9.64 Å². The standard InChI is InChI=1S/C15H13N3O5/c19-9-5-3-4-8-11(9)15(12(20)16-14(22)17-13(15)21)23-10-6-1-2-7-18(8)10/h1-2,6-7,10H,3-5H2,(H2,16,17,20,21,22). The van der Waals surface area contributed by atoms with E-state index in [4.69, 9.17) is 4.74 Å². The minimum atomic E-state index is -2.11. The van der Waals surface area contributed by atoms with E-state index in [0.29, 0.717) is 18.5 Å². The average Bonchev–Trinajstić information content (AvgIpc) is 2.52. The maximum absolute atomic E-state index is 12.5. The Morgan fingerprint density at radius 1 is 1.09 bits per heavy atom. The first-order valence-corrected chi connectivity index (χ1v) is 7.29. The molecule has 8 nitrogen and oxygen atoms in total. The van der Waals surface area contributed by atoms with Gasteiger partial charge in [0.05, 0.1) is 5.57 Å². The number of allylic oxidation sites excluding steroid dienone is 3. The number of imide groups is 2. The van der Waals surface area contributed by atoms with Crippen LogP contribution in [0, 0.1) is 0 Å². The van der Waals surface area contributed by atoms with Gasteiger partial charge in [0.15, 0.2) is 12.0 Å². The van der Waals surface area contributed by atoms with Crippen molar-refractivity contribution in [1.29, 1.82) is 0 Å². The first-order chi connectivity index (χ1) is 11.0. The number of ketones is 1. The highest BCUT2D eigenvalue weighted by Gasteiger charge is 2.61. The molecular formula is C15H13N3O5. The molecule has 0 radical (unpaired) electrons. The molecule has 1 fully saturated rings. The number of nitrogens with one attached hydrogen (secondary N) is 2. The van der Waals surface area contributed by atoms with Crippen molar-refractivity contribution in [3.63, 3.8) is 0 Å². The summed E-state index contributed by atoms with van der Waals surface area (Å²) in [6, 6.07) is -0.916. The third-order valence-electron chi connectivity index (χ3n) is 4.35. The van der Waals surface area contributed by atoms with Crippen LogP contribution in [-0.4, -0.2) is 40.4 Å². The molecule has 0 saturated carbocycles. The number of rotatable bonds is 0. The summed E-state index contributed by atoms with van der Waals surface area (Å²) in [5.74, 6) is -2.15. The van der Waals surface area contributed by atoms with Gasteiger partial charge in [0, 0.05) is 18.3 Å². The van der Waals surface area contributed by atoms with Crippen LogP contribution in [-0.2, 0) is 19.1 Å². The lowest BCUT2D eigenvalue weighted by atomic mass is 9.78. The van der Waals surface area contributed by atoms with E-state index in [1.807, 2.05) is 10.6 Å². The SMILES string of the molecule is O=C1NC(=O)C2(OC3C=CC=CN3C3=C2C(=O)CCC3)C(=O)N1. The number of carbonyl (C=O) groups excluding carboxylic acids is 4. The molecule has 4 amide bonds. The number of hydrogen-bond donors (Lipinski definition) is 2. The monoisotopic (exact) mass is 315 g/mol. The van der Waals surface area contributed by atoms with Gasteiger partial charge >= 0.3 is 6.03 Å². The van der Waals surface area contributed by atoms with E-state index in [0.717, 1.165) is 0 Å². The molecular weight excluding hydrogens is 302 g/mol. The molecule has 1 aliphatic carbocycles. The molecule has 0 aromatic rings. The van der Waals surface area contributed by atoms with Crippen LogP contribution in [0.25, 0.3) is 0 Å². The van der Waals surface area contributed by atoms with Crippen molar-refractivity contribution in [2.75, 3.05) is 0 Å². The second kappa shape index (κ2) is 4.63. The molecule has 3 heterocycles. The Bertz CT molecular complexity index is 728. The number of amides is 4. The van der Waals surface area contributed by atoms with E-state index in [1.165, 1.54) is 0 Å². The smallest absolute Gasteiger partial charge is 0.324 e. The lowest BCUT2D eigenvalue weighted by Gasteiger charge is -2.48. The van der Waals surface area contributed by atoms with E-state index >= 15 is 0 Å². The van der Waals surface area contributed by atoms with Crippen LogP contribution < -0.4 is 10.6 Å². The molecule has 1 atom stereocenters. The van der Waals surface area contributed by atoms with Crippen LogP contribution in [0.2, 0.25) is 0 Å². The predicted octanol–water partition coefficient (Wildman–Crippen LogP) is -0.160. The zero-order chi connectivity index (χ0) is 16.2. The fourth-order valence-electron chi connectivity index (χ4n) is 3.39. The van der Waals surface area contributed by atoms with Crippen LogP contribution in [0.15, 0.2) is 35.7 Å². The van der Waals surface area contributed by atoms with Crippen LogP contribution >= 0.6 is 0 Å². The first-order valence-electron chi connectivity index (χ1n) is 7.29. The number of hydrogen-bond acceptors (Lipinski definition) is 6. The van der Waals surface area contributed by atoms with Crippen molar-refractivity contribution in [1.82, 2.24) is 15.5 Å². The van der Waals surface area contributed by atoms with Gasteiger partial charge in [-0.3, -0.25) is 25.0 Å². The molecule has 3 aliphatic heterocycles. The van der Waals surface area contributed by atoms with E-state index < -0.39 is 29.7 Å². The maximum Gasteiger partial charge on any atom is 0.328 e. The van der Waals surface area contributed by atoms with Crippen molar-refractivity contribution in [3.8, 4) is 0 Å². The van der Waals surface area contributed by atoms with E-state index in [9.17, 15) is 19.2 Å². The number of nitrogens with zero attached hydrogens (tertiary/aromatic N) is 1. The maximum atomic E-state index is 12.5. The summed E-state index contributed by atoms with van der Waals surface area (Å²) in [5.41, 5.74) is -1.49. The Kier molecular flexibility index (Phi) is 2.79. The Labute approximate surface area is 130 Å². The zero-order valence-electron chi connectivity index (χ0n) is 12.0. The molecule has 1 unspecified atom stereocenters. The fraction of sp³-hybridized carbons (Fsp3) is 0.333. The van der Waals surface area contributed by atoms with E-state index in [1.54, 1.807) is 29.3 Å². The largest absolute Gasteiger partial charge is 0.328 e. The van der Waals surface area contributed by atoms with Crippen molar-refractivity contribution < 1.29 is 23.9 Å². The fourth-order valence-corrected chi connectivity index (χ4v) is 3.39. The van der Waals surface area contributed by atoms with Gasteiger partial charge in [-0.1, -0.05) is 6.08 Å². The van der Waals surface area contributed by atoms with Crippen molar-refractivity contribution in [2.45, 2.75) is 31.1 Å². The highest BCUT2D eigenvalue weighted by atomic mass is 16.5. The van der Waals surface area contributed by atoms with Crippen LogP contribution in [0.4, 0.5) is 4.79 Å². The molecule has 1 saturated heterocycles. The molecule has 23 heavy (non-hydrogen) atoms. The molecule has 4 aliphatic rings. The van der Waals surface area contributed by atoms with Gasteiger partial charge in [-0.2, -0.15) is 0 Å². The van der Waals surface area contributed by atoms with Crippen LogP contribution in [0.1, 0.15) is 19.3 Å². The van der Waals surface area contributed by atoms with Gasteiger partial charge in [0.1, 0.15) is 0 Å². The third-order valence-corrected chi connectivity index (χ3v) is 4.35. The second-order valence-corrected chi connectivity index (χ2v) is 5.66. The minimum absolute atomic E-state index is 0.0300. The molecule has 4 rings (SSSR count). The summed E-state index contributed by atoms with van der Waals surface area (Å²) in [7, 11) is 0. The Balaban J connectivity index is 1.95. The topological polar surface area (TPSA) is 105 Å². The highest BCUT2D eigenvalue weighted by molar-refractivity contribution is 6.28. The van der Waals surface area contributed by atoms with Gasteiger partial charge in [0.25, 0.3) is 17.4 Å². The first kappa shape index (κ1) is 13.9. The molecule has 1 spiro atoms. The van der Waals surface area contributed by atoms with Gasteiger partial charge in [-0.05, 0) is 25.0 Å². The van der Waals surface area contributed by atoms with Crippen molar-refractivity contribution >= 4 is 23.6 Å². The van der Waals surface area contributed by atoms with E-state index in [2.05, 4.69) is 0 Å². The summed E-state index contributed by atoms with van der Waals surface area (Å²) in [6.07, 6.45) is 7.68. The Morgan fingerprint density at radius 3 is 2.57 bits per heavy atom. The normalized spacial score (nSPS) is 28.5. The quantitative estimate of drug-likeness (QED) is 0.602. The third kappa shape index (κ3) is 1.75. The predicted molar refractivity (Wildman–Crippen MR) is 75.3 cm³/mol. The molecule has 0 bridgehead atoms. The number of Topliss-reactive ketones (excluding diaryl/α,β-unsaturated/α-hetero) is 1. The van der Waals surface area contributed by atoms with Crippen molar-refractivity contribution in [3.05, 3.63) is 35.7 Å². The summed E-state index contributed by atoms with van der Waals surface area (Å²) in [6.45, 7) is 0. The second-order valence-electron chi connectivity index (χ2n) is 5.66. The number of carbonyl (C=O) groups is 4. The number of urea groups is 1. The lowest BCUT2D eigenvalue weighted by molar-refractivity contribution is -0.174. The summed E-state index contributed by atoms with van der Waals surface area (Å²) in [5, 5.41) is 4.08. The van der Waals surface area contributed by atoms with Crippen LogP contribution in [0.3, 0.4) is 0 Å². The summed E-state index contributed by atoms with van der Waals surface area (Å²) >= 11 is 0. The molecule has 0 aromatic heterocycles. The minimum Gasteiger partial charge on any atom is -0.324 e. The molecule has 118 valence electrons. The molecule has 2 N–H and O–H groups in total. The zero-order valence-corrected chi connectivity index (χ0v) is 12.0. The molecule has 0 aromatic carbocycles. The van der Waals surface area contributed by atoms with Crippen LogP contribution in [0.5, 0.6) is 0 Å². The summed E-state index contributed by atoms with van der Waals surface area (Å²) in [4.78, 5) is 50.6. The highest BCUT2D eigenvalue weighted by Crippen LogP contribution is 2.42. The molecule has 8 heteroatoms. The van der Waals surface area contributed by atoms with E-state index in [-0.39, 0.29) is 17.8 Å². The van der Waals surface area contributed by atoms with Crippen molar-refractivity contribution in [2.24, 2.45) is 0 Å². The van der Waals surface area contributed by atoms with Gasteiger partial charge in [0.2, 0.25) is 0 Å². The number of ether oxygens (including phenoxy) is 1. The lowest BCUT2D eigenvalue weighted by Crippen LogP contribution is -2.72. The van der Waals surface area contributed by atoms with Gasteiger partial charge in [-0.25, -0.2) is 4.79 Å². The Morgan fingerprint density at radius 2 is 1.83 bits per heavy atom.